The van der Waals surface area contributed by atoms with Crippen molar-refractivity contribution in [3.63, 3.8) is 0 Å². The van der Waals surface area contributed by atoms with Gasteiger partial charge in [0.25, 0.3) is 0 Å². The highest BCUT2D eigenvalue weighted by Crippen LogP contribution is 2.33. The number of rotatable bonds is 3. The number of carbonyl (C=O) groups is 1. The zero-order valence-corrected chi connectivity index (χ0v) is 11.8. The highest BCUT2D eigenvalue weighted by atomic mass is 32.1. The van der Waals surface area contributed by atoms with Crippen molar-refractivity contribution in [2.24, 2.45) is 5.92 Å². The fraction of sp³-hybridized carbons (Fsp3) is 0.643. The van der Waals surface area contributed by atoms with Crippen LogP contribution in [0.25, 0.3) is 0 Å². The second-order valence-corrected chi connectivity index (χ2v) is 6.90. The number of nitrogens with one attached hydrogen (secondary N) is 2. The molecular formula is C14H20N2OS. The number of aryl methyl sites for hydroxylation is 2. The van der Waals surface area contributed by atoms with E-state index >= 15 is 0 Å². The van der Waals surface area contributed by atoms with Crippen LogP contribution in [-0.4, -0.2) is 18.0 Å². The molecule has 4 heteroatoms. The van der Waals surface area contributed by atoms with E-state index in [0.717, 1.165) is 6.42 Å². The van der Waals surface area contributed by atoms with Gasteiger partial charge in [0, 0.05) is 21.8 Å². The topological polar surface area (TPSA) is 41.1 Å². The third-order valence-electron chi connectivity index (χ3n) is 4.29. The van der Waals surface area contributed by atoms with Gasteiger partial charge in [0.05, 0.1) is 12.5 Å². The number of thiophene rings is 1. The number of hydrogen-bond acceptors (Lipinski definition) is 3. The van der Waals surface area contributed by atoms with Gasteiger partial charge in [-0.3, -0.25) is 4.79 Å². The van der Waals surface area contributed by atoms with Crippen LogP contribution in [0.5, 0.6) is 0 Å². The van der Waals surface area contributed by atoms with Gasteiger partial charge < -0.3 is 10.6 Å². The summed E-state index contributed by atoms with van der Waals surface area (Å²) in [7, 11) is 0. The zero-order chi connectivity index (χ0) is 12.7. The Bertz CT molecular complexity index is 449. The second-order valence-electron chi connectivity index (χ2n) is 5.56. The van der Waals surface area contributed by atoms with Gasteiger partial charge in [-0.05, 0) is 44.7 Å². The number of fused-ring (bicyclic) bond motifs is 2. The Labute approximate surface area is 112 Å². The van der Waals surface area contributed by atoms with Gasteiger partial charge in [-0.2, -0.15) is 0 Å². The van der Waals surface area contributed by atoms with Gasteiger partial charge in [-0.15, -0.1) is 11.3 Å². The third-order valence-corrected chi connectivity index (χ3v) is 5.44. The molecule has 18 heavy (non-hydrogen) atoms. The predicted octanol–water partition coefficient (Wildman–Crippen LogP) is 2.12. The molecule has 2 N–H and O–H groups in total. The molecule has 3 unspecified atom stereocenters. The summed E-state index contributed by atoms with van der Waals surface area (Å²) in [6.45, 7) is 4.94. The molecule has 3 heterocycles. The lowest BCUT2D eigenvalue weighted by molar-refractivity contribution is -0.125. The second kappa shape index (κ2) is 4.67. The normalized spacial score (nSPS) is 29.8. The molecule has 2 bridgehead atoms. The van der Waals surface area contributed by atoms with Crippen molar-refractivity contribution in [3.05, 3.63) is 21.4 Å². The highest BCUT2D eigenvalue weighted by molar-refractivity contribution is 7.12. The fourth-order valence-corrected chi connectivity index (χ4v) is 4.15. The average Bonchev–Trinajstić information content (AvgIpc) is 3.03. The smallest absolute Gasteiger partial charge is 0.225 e. The van der Waals surface area contributed by atoms with Gasteiger partial charge in [-0.1, -0.05) is 0 Å². The van der Waals surface area contributed by atoms with Crippen LogP contribution in [0.15, 0.2) is 6.07 Å². The van der Waals surface area contributed by atoms with Gasteiger partial charge in [0.15, 0.2) is 0 Å². The molecule has 0 saturated carbocycles. The first-order valence-electron chi connectivity index (χ1n) is 6.73. The Morgan fingerprint density at radius 2 is 2.33 bits per heavy atom. The summed E-state index contributed by atoms with van der Waals surface area (Å²) in [5.74, 6) is 0.435. The summed E-state index contributed by atoms with van der Waals surface area (Å²) in [5, 5.41) is 6.61. The summed E-state index contributed by atoms with van der Waals surface area (Å²) >= 11 is 1.78. The molecule has 0 aromatic carbocycles. The first kappa shape index (κ1) is 12.2. The minimum atomic E-state index is 0.200. The summed E-state index contributed by atoms with van der Waals surface area (Å²) in [5.41, 5.74) is 1.32. The van der Waals surface area contributed by atoms with E-state index in [9.17, 15) is 4.79 Å². The van der Waals surface area contributed by atoms with E-state index in [4.69, 9.17) is 0 Å². The van der Waals surface area contributed by atoms with E-state index in [-0.39, 0.29) is 11.8 Å². The maximum atomic E-state index is 12.2. The van der Waals surface area contributed by atoms with Crippen LogP contribution >= 0.6 is 11.3 Å². The molecule has 1 amide bonds. The van der Waals surface area contributed by atoms with Crippen molar-refractivity contribution in [1.82, 2.24) is 10.6 Å². The van der Waals surface area contributed by atoms with E-state index in [1.807, 2.05) is 0 Å². The van der Waals surface area contributed by atoms with E-state index in [0.29, 0.717) is 18.6 Å². The van der Waals surface area contributed by atoms with Crippen LogP contribution in [0.2, 0.25) is 0 Å². The monoisotopic (exact) mass is 264 g/mol. The largest absolute Gasteiger partial charge is 0.351 e. The van der Waals surface area contributed by atoms with Gasteiger partial charge in [0.2, 0.25) is 5.91 Å². The molecule has 3 nitrogen and oxygen atoms in total. The minimum Gasteiger partial charge on any atom is -0.351 e. The van der Waals surface area contributed by atoms with Gasteiger partial charge >= 0.3 is 0 Å². The van der Waals surface area contributed by atoms with E-state index in [2.05, 4.69) is 30.5 Å². The van der Waals surface area contributed by atoms with E-state index in [1.165, 1.54) is 28.2 Å². The molecule has 0 radical (unpaired) electrons. The van der Waals surface area contributed by atoms with Crippen LogP contribution < -0.4 is 10.6 Å². The van der Waals surface area contributed by atoms with Crippen LogP contribution in [0.4, 0.5) is 0 Å². The first-order valence-corrected chi connectivity index (χ1v) is 7.55. The number of hydrogen-bond donors (Lipinski definition) is 2. The molecule has 2 aliphatic rings. The lowest BCUT2D eigenvalue weighted by Crippen LogP contribution is -2.37. The Morgan fingerprint density at radius 3 is 2.89 bits per heavy atom. The molecule has 3 rings (SSSR count). The van der Waals surface area contributed by atoms with Crippen molar-refractivity contribution >= 4 is 17.2 Å². The molecule has 1 aromatic rings. The molecule has 98 valence electrons. The Hall–Kier alpha value is -0.870. The minimum absolute atomic E-state index is 0.200. The lowest BCUT2D eigenvalue weighted by Gasteiger charge is -2.19. The van der Waals surface area contributed by atoms with Crippen LogP contribution in [0.3, 0.4) is 0 Å². The van der Waals surface area contributed by atoms with Crippen molar-refractivity contribution in [2.75, 3.05) is 0 Å². The van der Waals surface area contributed by atoms with Gasteiger partial charge in [-0.25, -0.2) is 0 Å². The summed E-state index contributed by atoms with van der Waals surface area (Å²) in [6, 6.07) is 3.21. The van der Waals surface area contributed by atoms with Crippen molar-refractivity contribution < 1.29 is 4.79 Å². The maximum Gasteiger partial charge on any atom is 0.225 e. The predicted molar refractivity (Wildman–Crippen MR) is 73.7 cm³/mol. The summed E-state index contributed by atoms with van der Waals surface area (Å²) < 4.78 is 0. The molecular weight excluding hydrogens is 244 g/mol. The van der Waals surface area contributed by atoms with Crippen molar-refractivity contribution in [3.8, 4) is 0 Å². The number of carbonyl (C=O) groups excluding carboxylic acids is 1. The van der Waals surface area contributed by atoms with Crippen molar-refractivity contribution in [2.45, 2.75) is 51.7 Å². The summed E-state index contributed by atoms with van der Waals surface area (Å²) in [6.07, 6.45) is 3.44. The molecule has 2 fully saturated rings. The summed E-state index contributed by atoms with van der Waals surface area (Å²) in [4.78, 5) is 14.8. The zero-order valence-electron chi connectivity index (χ0n) is 11.0. The van der Waals surface area contributed by atoms with Crippen molar-refractivity contribution in [1.29, 1.82) is 0 Å². The number of amides is 1. The van der Waals surface area contributed by atoms with E-state index in [1.54, 1.807) is 11.3 Å². The Kier molecular flexibility index (Phi) is 3.16. The molecule has 2 saturated heterocycles. The lowest BCUT2D eigenvalue weighted by atomic mass is 9.88. The van der Waals surface area contributed by atoms with Crippen LogP contribution in [0, 0.1) is 19.8 Å². The SMILES string of the molecule is Cc1cc(CNC(=O)C2CC3CCC2N3)sc1C. The average molecular weight is 264 g/mol. The first-order chi connectivity index (χ1) is 8.63. The maximum absolute atomic E-state index is 12.2. The Balaban J connectivity index is 1.55. The molecule has 3 atom stereocenters. The quantitative estimate of drug-likeness (QED) is 0.878. The molecule has 0 aliphatic carbocycles. The van der Waals surface area contributed by atoms with Crippen LogP contribution in [0.1, 0.15) is 34.6 Å². The standard InChI is InChI=1S/C14H20N2OS/c1-8-5-11(18-9(8)2)7-15-14(17)12-6-10-3-4-13(12)16-10/h5,10,12-13,16H,3-4,6-7H2,1-2H3,(H,15,17). The van der Waals surface area contributed by atoms with Gasteiger partial charge in [0.1, 0.15) is 0 Å². The van der Waals surface area contributed by atoms with E-state index < -0.39 is 0 Å². The highest BCUT2D eigenvalue weighted by Gasteiger charge is 2.42. The Morgan fingerprint density at radius 1 is 1.50 bits per heavy atom. The third kappa shape index (κ3) is 2.19. The van der Waals surface area contributed by atoms with Crippen LogP contribution in [-0.2, 0) is 11.3 Å². The molecule has 2 aliphatic heterocycles. The molecule has 0 spiro atoms. The fourth-order valence-electron chi connectivity index (χ4n) is 3.16. The molecule has 1 aromatic heterocycles.